The highest BCUT2D eigenvalue weighted by molar-refractivity contribution is 6.08. The highest BCUT2D eigenvalue weighted by Crippen LogP contribution is 2.46. The zero-order chi connectivity index (χ0) is 15.1. The number of carbonyl (C=O) groups excluding carboxylic acids is 1. The highest BCUT2D eigenvalue weighted by atomic mass is 16.5. The number of hydrogen-bond acceptors (Lipinski definition) is 2. The Balaban J connectivity index is 2.16. The molecule has 1 aromatic carbocycles. The number of ketones is 1. The van der Waals surface area contributed by atoms with Crippen LogP contribution in [-0.4, -0.2) is 12.9 Å². The molecule has 0 amide bonds. The summed E-state index contributed by atoms with van der Waals surface area (Å²) in [6.45, 7) is 6.53. The first-order chi connectivity index (χ1) is 10.0. The molecule has 0 spiro atoms. The Hall–Kier alpha value is -1.57. The Bertz CT molecular complexity index is 610. The summed E-state index contributed by atoms with van der Waals surface area (Å²) in [4.78, 5) is 12.5. The second-order valence-electron chi connectivity index (χ2n) is 6.73. The first-order valence-corrected chi connectivity index (χ1v) is 8.00. The molecule has 1 aromatic rings. The molecule has 2 aliphatic carbocycles. The predicted octanol–water partition coefficient (Wildman–Crippen LogP) is 4.84. The van der Waals surface area contributed by atoms with Crippen LogP contribution in [0.1, 0.15) is 73.4 Å². The van der Waals surface area contributed by atoms with E-state index in [1.165, 1.54) is 24.0 Å². The smallest absolute Gasteiger partial charge is 0.186 e. The Labute approximate surface area is 127 Å². The molecule has 21 heavy (non-hydrogen) atoms. The molecule has 0 saturated heterocycles. The number of carbonyl (C=O) groups is 1. The van der Waals surface area contributed by atoms with Gasteiger partial charge in [0, 0.05) is 11.5 Å². The molecule has 2 heteroatoms. The van der Waals surface area contributed by atoms with Crippen molar-refractivity contribution in [3.05, 3.63) is 40.5 Å². The lowest BCUT2D eigenvalue weighted by Gasteiger charge is -2.35. The van der Waals surface area contributed by atoms with Crippen LogP contribution in [-0.2, 0) is 0 Å². The lowest BCUT2D eigenvalue weighted by molar-refractivity contribution is 0.103. The fraction of sp³-hybridized carbons (Fsp3) is 0.526. The normalized spacial score (nSPS) is 24.4. The summed E-state index contributed by atoms with van der Waals surface area (Å²) in [7, 11) is 1.72. The zero-order valence-corrected chi connectivity index (χ0v) is 13.4. The summed E-state index contributed by atoms with van der Waals surface area (Å²) in [5, 5.41) is 0. The van der Waals surface area contributed by atoms with Crippen molar-refractivity contribution in [2.75, 3.05) is 7.11 Å². The van der Waals surface area contributed by atoms with E-state index in [9.17, 15) is 4.79 Å². The largest absolute Gasteiger partial charge is 0.496 e. The quantitative estimate of drug-likeness (QED) is 0.776. The van der Waals surface area contributed by atoms with Crippen LogP contribution in [0.2, 0.25) is 0 Å². The minimum Gasteiger partial charge on any atom is -0.496 e. The molecule has 1 saturated carbocycles. The van der Waals surface area contributed by atoms with E-state index < -0.39 is 0 Å². The molecule has 2 nitrogen and oxygen atoms in total. The number of hydrogen-bond donors (Lipinski definition) is 0. The molecule has 0 radical (unpaired) electrons. The summed E-state index contributed by atoms with van der Waals surface area (Å²) < 4.78 is 5.58. The van der Waals surface area contributed by atoms with E-state index in [2.05, 4.69) is 32.9 Å². The number of allylic oxidation sites excluding steroid dienone is 2. The van der Waals surface area contributed by atoms with Crippen LogP contribution in [0.15, 0.2) is 23.8 Å². The Morgan fingerprint density at radius 3 is 2.67 bits per heavy atom. The van der Waals surface area contributed by atoms with Crippen molar-refractivity contribution in [1.82, 2.24) is 0 Å². The highest BCUT2D eigenvalue weighted by Gasteiger charge is 2.33. The van der Waals surface area contributed by atoms with Crippen LogP contribution in [0.3, 0.4) is 0 Å². The van der Waals surface area contributed by atoms with Crippen LogP contribution < -0.4 is 4.74 Å². The fourth-order valence-electron chi connectivity index (χ4n) is 3.85. The maximum atomic E-state index is 12.5. The van der Waals surface area contributed by atoms with E-state index in [0.29, 0.717) is 17.8 Å². The summed E-state index contributed by atoms with van der Waals surface area (Å²) in [6, 6.07) is 4.19. The molecule has 112 valence electrons. The van der Waals surface area contributed by atoms with Gasteiger partial charge in [-0.2, -0.15) is 0 Å². The first kappa shape index (κ1) is 14.4. The molecule has 0 heterocycles. The van der Waals surface area contributed by atoms with Gasteiger partial charge in [-0.3, -0.25) is 4.79 Å². The van der Waals surface area contributed by atoms with Crippen molar-refractivity contribution < 1.29 is 9.53 Å². The fourth-order valence-corrected chi connectivity index (χ4v) is 3.85. The van der Waals surface area contributed by atoms with Crippen LogP contribution in [0.5, 0.6) is 5.75 Å². The molecule has 0 aromatic heterocycles. The van der Waals surface area contributed by atoms with E-state index in [1.54, 1.807) is 7.11 Å². The van der Waals surface area contributed by atoms with Crippen molar-refractivity contribution in [3.63, 3.8) is 0 Å². The van der Waals surface area contributed by atoms with E-state index in [0.717, 1.165) is 23.3 Å². The van der Waals surface area contributed by atoms with E-state index in [4.69, 9.17) is 4.74 Å². The number of methoxy groups -OCH3 is 1. The van der Waals surface area contributed by atoms with Crippen molar-refractivity contribution in [3.8, 4) is 5.75 Å². The van der Waals surface area contributed by atoms with Gasteiger partial charge < -0.3 is 4.74 Å². The summed E-state index contributed by atoms with van der Waals surface area (Å²) in [6.07, 6.45) is 5.51. The summed E-state index contributed by atoms with van der Waals surface area (Å²) in [5.74, 6) is 2.40. The first-order valence-electron chi connectivity index (χ1n) is 8.00. The number of benzene rings is 1. The second kappa shape index (κ2) is 5.32. The minimum atomic E-state index is 0.176. The predicted molar refractivity (Wildman–Crippen MR) is 85.3 cm³/mol. The number of ether oxygens (including phenoxy) is 1. The van der Waals surface area contributed by atoms with Crippen molar-refractivity contribution in [2.24, 2.45) is 5.92 Å². The van der Waals surface area contributed by atoms with Gasteiger partial charge in [-0.15, -0.1) is 0 Å². The minimum absolute atomic E-state index is 0.176. The standard InChI is InChI=1S/C19H24O2/c1-11(2)14-8-17-16(10-19(14)21-4)13-7-5-6-12(3)15(13)9-18(17)20/h8-13H,5-7H2,1-4H3/t12-,13?/m1/s1. The van der Waals surface area contributed by atoms with Gasteiger partial charge in [0.05, 0.1) is 7.11 Å². The van der Waals surface area contributed by atoms with Crippen LogP contribution in [0.4, 0.5) is 0 Å². The SMILES string of the molecule is COc1cc2c(cc1C(C)C)C(=O)C=C1C2CCC[C@H]1C. The molecule has 0 N–H and O–H groups in total. The van der Waals surface area contributed by atoms with Gasteiger partial charge in [-0.05, 0) is 54.0 Å². The maximum Gasteiger partial charge on any atom is 0.186 e. The number of rotatable bonds is 2. The lowest BCUT2D eigenvalue weighted by Crippen LogP contribution is -2.23. The van der Waals surface area contributed by atoms with Gasteiger partial charge in [0.1, 0.15) is 5.75 Å². The van der Waals surface area contributed by atoms with Crippen molar-refractivity contribution in [2.45, 2.75) is 51.9 Å². The maximum absolute atomic E-state index is 12.5. The van der Waals surface area contributed by atoms with Gasteiger partial charge in [0.25, 0.3) is 0 Å². The average molecular weight is 284 g/mol. The topological polar surface area (TPSA) is 26.3 Å². The Kier molecular flexibility index (Phi) is 3.64. The van der Waals surface area contributed by atoms with Gasteiger partial charge in [-0.1, -0.05) is 32.8 Å². The third kappa shape index (κ3) is 2.31. The summed E-state index contributed by atoms with van der Waals surface area (Å²) >= 11 is 0. The van der Waals surface area contributed by atoms with E-state index in [-0.39, 0.29) is 5.78 Å². The molecule has 1 unspecified atom stereocenters. The van der Waals surface area contributed by atoms with E-state index >= 15 is 0 Å². The monoisotopic (exact) mass is 284 g/mol. The molecule has 3 rings (SSSR count). The zero-order valence-electron chi connectivity index (χ0n) is 13.4. The van der Waals surface area contributed by atoms with Gasteiger partial charge in [0.15, 0.2) is 5.78 Å². The third-order valence-corrected chi connectivity index (χ3v) is 5.06. The van der Waals surface area contributed by atoms with Crippen LogP contribution in [0, 0.1) is 5.92 Å². The molecule has 2 aliphatic rings. The van der Waals surface area contributed by atoms with E-state index in [1.807, 2.05) is 6.08 Å². The Morgan fingerprint density at radius 2 is 2.00 bits per heavy atom. The second-order valence-corrected chi connectivity index (χ2v) is 6.73. The lowest BCUT2D eigenvalue weighted by atomic mass is 9.69. The van der Waals surface area contributed by atoms with Gasteiger partial charge in [0.2, 0.25) is 0 Å². The van der Waals surface area contributed by atoms with Crippen molar-refractivity contribution in [1.29, 1.82) is 0 Å². The Morgan fingerprint density at radius 1 is 1.24 bits per heavy atom. The van der Waals surface area contributed by atoms with Gasteiger partial charge >= 0.3 is 0 Å². The number of fused-ring (bicyclic) bond motifs is 3. The molecule has 0 bridgehead atoms. The molecule has 1 fully saturated rings. The molecule has 0 aliphatic heterocycles. The van der Waals surface area contributed by atoms with Crippen LogP contribution in [0.25, 0.3) is 0 Å². The third-order valence-electron chi connectivity index (χ3n) is 5.06. The van der Waals surface area contributed by atoms with Crippen LogP contribution >= 0.6 is 0 Å². The molecular weight excluding hydrogens is 260 g/mol. The van der Waals surface area contributed by atoms with Gasteiger partial charge in [-0.25, -0.2) is 0 Å². The van der Waals surface area contributed by atoms with Crippen molar-refractivity contribution >= 4 is 5.78 Å². The molecule has 2 atom stereocenters. The average Bonchev–Trinajstić information content (AvgIpc) is 2.47. The molecular formula is C19H24O2. The summed E-state index contributed by atoms with van der Waals surface area (Å²) in [5.41, 5.74) is 4.54.